The van der Waals surface area contributed by atoms with E-state index >= 15 is 0 Å². The van der Waals surface area contributed by atoms with Gasteiger partial charge in [0.25, 0.3) is 12.2 Å². The number of alkyl halides is 6. The van der Waals surface area contributed by atoms with Crippen LogP contribution < -0.4 is 0 Å². The molecule has 0 heterocycles. The lowest BCUT2D eigenvalue weighted by Crippen LogP contribution is -2.14. The number of halogens is 10. The summed E-state index contributed by atoms with van der Waals surface area (Å²) in [5.41, 5.74) is -7.69. The molecule has 0 aliphatic heterocycles. The first-order valence-electron chi connectivity index (χ1n) is 5.21. The highest BCUT2D eigenvalue weighted by Gasteiger charge is 2.41. The van der Waals surface area contributed by atoms with E-state index in [-0.39, 0.29) is 6.07 Å². The summed E-state index contributed by atoms with van der Waals surface area (Å²) < 4.78 is 124. The normalized spacial score (nSPS) is 12.1. The van der Waals surface area contributed by atoms with Gasteiger partial charge < -0.3 is 0 Å². The van der Waals surface area contributed by atoms with Crippen molar-refractivity contribution in [3.8, 4) is 0 Å². The lowest BCUT2D eigenvalue weighted by atomic mass is 9.99. The zero-order valence-corrected chi connectivity index (χ0v) is 10.1. The van der Waals surface area contributed by atoms with Crippen molar-refractivity contribution in [2.75, 3.05) is 0 Å². The molecule has 0 fully saturated rings. The van der Waals surface area contributed by atoms with Crippen molar-refractivity contribution in [2.24, 2.45) is 0 Å². The van der Waals surface area contributed by atoms with Crippen molar-refractivity contribution in [3.05, 3.63) is 47.6 Å². The van der Waals surface area contributed by atoms with Gasteiger partial charge in [0.05, 0.1) is 0 Å². The Morgan fingerprint density at radius 2 is 0.955 bits per heavy atom. The third-order valence-corrected chi connectivity index (χ3v) is 2.38. The van der Waals surface area contributed by atoms with Crippen molar-refractivity contribution in [2.45, 2.75) is 12.4 Å². The standard InChI is InChI=1S/C12H4F10/c13-9(14)7(11(17,18)19)5-2-1-3-6(4-5)8(10(15)16)12(20,21)22/h1-4H. The maximum absolute atomic E-state index is 12.5. The number of allylic oxidation sites excluding steroid dienone is 2. The van der Waals surface area contributed by atoms with E-state index in [4.69, 9.17) is 0 Å². The molecule has 1 aromatic rings. The summed E-state index contributed by atoms with van der Waals surface area (Å²) >= 11 is 0. The van der Waals surface area contributed by atoms with Gasteiger partial charge in [-0.25, -0.2) is 0 Å². The van der Waals surface area contributed by atoms with Gasteiger partial charge in [0.1, 0.15) is 11.1 Å². The highest BCUT2D eigenvalue weighted by Crippen LogP contribution is 2.41. The molecular weight excluding hydrogens is 334 g/mol. The molecule has 0 aromatic heterocycles. The molecule has 0 atom stereocenters. The number of hydrogen-bond acceptors (Lipinski definition) is 0. The molecule has 0 aliphatic rings. The summed E-state index contributed by atoms with van der Waals surface area (Å²) in [5, 5.41) is 0. The number of hydrogen-bond donors (Lipinski definition) is 0. The highest BCUT2D eigenvalue weighted by molar-refractivity contribution is 5.76. The third kappa shape index (κ3) is 4.01. The Balaban J connectivity index is 3.56. The molecule has 122 valence electrons. The van der Waals surface area contributed by atoms with E-state index in [0.29, 0.717) is 18.2 Å². The van der Waals surface area contributed by atoms with Gasteiger partial charge in [0, 0.05) is 0 Å². The van der Waals surface area contributed by atoms with Crippen molar-refractivity contribution in [1.29, 1.82) is 0 Å². The van der Waals surface area contributed by atoms with Crippen LogP contribution in [0.15, 0.2) is 36.4 Å². The van der Waals surface area contributed by atoms with Gasteiger partial charge in [0.15, 0.2) is 0 Å². The Kier molecular flexibility index (Phi) is 4.93. The smallest absolute Gasteiger partial charge is 0.173 e. The molecule has 0 bridgehead atoms. The molecule has 0 saturated carbocycles. The fourth-order valence-electron chi connectivity index (χ4n) is 1.59. The first-order valence-corrected chi connectivity index (χ1v) is 5.21. The zero-order chi connectivity index (χ0) is 17.3. The van der Waals surface area contributed by atoms with Crippen LogP contribution >= 0.6 is 0 Å². The highest BCUT2D eigenvalue weighted by atomic mass is 19.4. The summed E-state index contributed by atoms with van der Waals surface area (Å²) in [6, 6.07) is 1.39. The molecule has 1 aromatic carbocycles. The monoisotopic (exact) mass is 338 g/mol. The number of benzene rings is 1. The Morgan fingerprint density at radius 3 is 1.18 bits per heavy atom. The predicted octanol–water partition coefficient (Wildman–Crippen LogP) is 6.03. The van der Waals surface area contributed by atoms with Crippen LogP contribution in [-0.2, 0) is 0 Å². The Bertz CT molecular complexity index is 558. The minimum atomic E-state index is -5.56. The van der Waals surface area contributed by atoms with Crippen molar-refractivity contribution >= 4 is 11.1 Å². The van der Waals surface area contributed by atoms with E-state index in [1.165, 1.54) is 0 Å². The molecule has 0 N–H and O–H groups in total. The molecule has 0 saturated heterocycles. The lowest BCUT2D eigenvalue weighted by molar-refractivity contribution is -0.0717. The van der Waals surface area contributed by atoms with Gasteiger partial charge in [-0.1, -0.05) is 18.2 Å². The van der Waals surface area contributed by atoms with Gasteiger partial charge in [0.2, 0.25) is 0 Å². The lowest BCUT2D eigenvalue weighted by Gasteiger charge is -2.14. The minimum absolute atomic E-state index is 0.0238. The first kappa shape index (κ1) is 18.1. The topological polar surface area (TPSA) is 0 Å². The number of rotatable bonds is 2. The van der Waals surface area contributed by atoms with Gasteiger partial charge in [-0.15, -0.1) is 0 Å². The van der Waals surface area contributed by atoms with Crippen LogP contribution in [-0.4, -0.2) is 12.4 Å². The van der Waals surface area contributed by atoms with E-state index < -0.39 is 46.8 Å². The Morgan fingerprint density at radius 1 is 0.636 bits per heavy atom. The van der Waals surface area contributed by atoms with Crippen molar-refractivity contribution in [3.63, 3.8) is 0 Å². The molecule has 0 nitrogen and oxygen atoms in total. The fourth-order valence-corrected chi connectivity index (χ4v) is 1.59. The van der Waals surface area contributed by atoms with Crippen LogP contribution in [0, 0.1) is 0 Å². The van der Waals surface area contributed by atoms with Crippen LogP contribution in [0.2, 0.25) is 0 Å². The minimum Gasteiger partial charge on any atom is -0.173 e. The van der Waals surface area contributed by atoms with Crippen LogP contribution in [0.5, 0.6) is 0 Å². The molecule has 10 heteroatoms. The van der Waals surface area contributed by atoms with Gasteiger partial charge >= 0.3 is 12.4 Å². The van der Waals surface area contributed by atoms with Crippen LogP contribution in [0.3, 0.4) is 0 Å². The predicted molar refractivity (Wildman–Crippen MR) is 56.8 cm³/mol. The molecule has 0 unspecified atom stereocenters. The largest absolute Gasteiger partial charge is 0.422 e. The molecule has 0 spiro atoms. The fraction of sp³-hybridized carbons (Fsp3) is 0.167. The third-order valence-electron chi connectivity index (χ3n) is 2.38. The second-order valence-electron chi connectivity index (χ2n) is 3.85. The Hall–Kier alpha value is -2.00. The summed E-state index contributed by atoms with van der Waals surface area (Å²) in [6.45, 7) is 0. The molecule has 1 rings (SSSR count). The second kappa shape index (κ2) is 6.01. The van der Waals surface area contributed by atoms with E-state index in [2.05, 4.69) is 0 Å². The molecule has 22 heavy (non-hydrogen) atoms. The van der Waals surface area contributed by atoms with E-state index in [1.54, 1.807) is 0 Å². The zero-order valence-electron chi connectivity index (χ0n) is 10.1. The van der Waals surface area contributed by atoms with Crippen LogP contribution in [0.1, 0.15) is 11.1 Å². The van der Waals surface area contributed by atoms with Crippen LogP contribution in [0.25, 0.3) is 11.1 Å². The van der Waals surface area contributed by atoms with Gasteiger partial charge in [-0.3, -0.25) is 0 Å². The first-order chi connectivity index (χ1) is 9.85. The molecule has 0 aliphatic carbocycles. The summed E-state index contributed by atoms with van der Waals surface area (Å²) in [6.07, 6.45) is -17.5. The van der Waals surface area contributed by atoms with E-state index in [9.17, 15) is 43.9 Å². The van der Waals surface area contributed by atoms with E-state index in [0.717, 1.165) is 0 Å². The maximum Gasteiger partial charge on any atom is 0.422 e. The average molecular weight is 338 g/mol. The van der Waals surface area contributed by atoms with Crippen molar-refractivity contribution < 1.29 is 43.9 Å². The second-order valence-corrected chi connectivity index (χ2v) is 3.85. The van der Waals surface area contributed by atoms with Gasteiger partial charge in [-0.05, 0) is 17.2 Å². The molecule has 0 amide bonds. The van der Waals surface area contributed by atoms with E-state index in [1.807, 2.05) is 0 Å². The average Bonchev–Trinajstić information content (AvgIpc) is 2.23. The summed E-state index contributed by atoms with van der Waals surface area (Å²) in [5.74, 6) is 0. The van der Waals surface area contributed by atoms with Crippen molar-refractivity contribution in [1.82, 2.24) is 0 Å². The van der Waals surface area contributed by atoms with Gasteiger partial charge in [-0.2, -0.15) is 43.9 Å². The maximum atomic E-state index is 12.5. The summed E-state index contributed by atoms with van der Waals surface area (Å²) in [4.78, 5) is 0. The molecule has 0 radical (unpaired) electrons. The van der Waals surface area contributed by atoms with Crippen LogP contribution in [0.4, 0.5) is 43.9 Å². The summed E-state index contributed by atoms with van der Waals surface area (Å²) in [7, 11) is 0. The SMILES string of the molecule is FC(F)=C(c1cccc(C(=C(F)F)C(F)(F)F)c1)C(F)(F)F. The molecular formula is C12H4F10. The Labute approximate surface area is 116 Å². The quantitative estimate of drug-likeness (QED) is 0.578.